The number of piperazine rings is 1. The van der Waals surface area contributed by atoms with Gasteiger partial charge in [0, 0.05) is 39.1 Å². The zero-order valence-corrected chi connectivity index (χ0v) is 15.8. The summed E-state index contributed by atoms with van der Waals surface area (Å²) in [6, 6.07) is 10.1. The SMILES string of the molecule is CS(=O)(=O)N1CCN(C(=O)CN2CC(Cc3ccccc3)CC2=O)CC1. The van der Waals surface area contributed by atoms with Gasteiger partial charge in [-0.15, -0.1) is 0 Å². The van der Waals surface area contributed by atoms with Crippen LogP contribution in [0.15, 0.2) is 30.3 Å². The van der Waals surface area contributed by atoms with Crippen molar-refractivity contribution in [3.63, 3.8) is 0 Å². The molecule has 142 valence electrons. The van der Waals surface area contributed by atoms with E-state index in [4.69, 9.17) is 0 Å². The lowest BCUT2D eigenvalue weighted by Gasteiger charge is -2.34. The molecule has 2 amide bonds. The predicted octanol–water partition coefficient (Wildman–Crippen LogP) is 0.181. The number of carbonyl (C=O) groups excluding carboxylic acids is 2. The largest absolute Gasteiger partial charge is 0.339 e. The molecule has 0 radical (unpaired) electrons. The average molecular weight is 379 g/mol. The van der Waals surface area contributed by atoms with Crippen molar-refractivity contribution in [2.75, 3.05) is 45.5 Å². The van der Waals surface area contributed by atoms with Crippen LogP contribution in [0.2, 0.25) is 0 Å². The third-order valence-corrected chi connectivity index (χ3v) is 6.35. The molecule has 1 unspecified atom stereocenters. The third-order valence-electron chi connectivity index (χ3n) is 5.05. The van der Waals surface area contributed by atoms with Gasteiger partial charge in [0.05, 0.1) is 12.8 Å². The number of rotatable bonds is 5. The van der Waals surface area contributed by atoms with Gasteiger partial charge in [0.1, 0.15) is 0 Å². The van der Waals surface area contributed by atoms with Gasteiger partial charge in [0.15, 0.2) is 0 Å². The maximum Gasteiger partial charge on any atom is 0.242 e. The minimum atomic E-state index is -3.21. The van der Waals surface area contributed by atoms with Gasteiger partial charge in [-0.2, -0.15) is 4.31 Å². The van der Waals surface area contributed by atoms with Crippen molar-refractivity contribution in [1.82, 2.24) is 14.1 Å². The van der Waals surface area contributed by atoms with Crippen molar-refractivity contribution in [3.05, 3.63) is 35.9 Å². The number of amides is 2. The van der Waals surface area contributed by atoms with E-state index in [1.165, 1.54) is 16.1 Å². The van der Waals surface area contributed by atoms with Gasteiger partial charge < -0.3 is 9.80 Å². The summed E-state index contributed by atoms with van der Waals surface area (Å²) in [6.07, 6.45) is 2.49. The average Bonchev–Trinajstić information content (AvgIpc) is 2.94. The van der Waals surface area contributed by atoms with Crippen molar-refractivity contribution >= 4 is 21.8 Å². The fraction of sp³-hybridized carbons (Fsp3) is 0.556. The summed E-state index contributed by atoms with van der Waals surface area (Å²) < 4.78 is 24.5. The molecule has 7 nitrogen and oxygen atoms in total. The number of hydrogen-bond acceptors (Lipinski definition) is 4. The van der Waals surface area contributed by atoms with Crippen molar-refractivity contribution in [2.24, 2.45) is 5.92 Å². The van der Waals surface area contributed by atoms with Crippen LogP contribution in [0, 0.1) is 5.92 Å². The summed E-state index contributed by atoms with van der Waals surface area (Å²) in [5.74, 6) is 0.153. The lowest BCUT2D eigenvalue weighted by Crippen LogP contribution is -2.52. The second-order valence-corrected chi connectivity index (χ2v) is 9.06. The summed E-state index contributed by atoms with van der Waals surface area (Å²) in [7, 11) is -3.21. The molecule has 0 bridgehead atoms. The summed E-state index contributed by atoms with van der Waals surface area (Å²) in [6.45, 7) is 2.07. The van der Waals surface area contributed by atoms with Gasteiger partial charge in [0.25, 0.3) is 0 Å². The maximum absolute atomic E-state index is 12.5. The fourth-order valence-electron chi connectivity index (χ4n) is 3.62. The summed E-state index contributed by atoms with van der Waals surface area (Å²) >= 11 is 0. The number of sulfonamides is 1. The minimum Gasteiger partial charge on any atom is -0.339 e. The summed E-state index contributed by atoms with van der Waals surface area (Å²) in [4.78, 5) is 28.0. The highest BCUT2D eigenvalue weighted by Crippen LogP contribution is 2.22. The Morgan fingerprint density at radius 1 is 1.12 bits per heavy atom. The van der Waals surface area contributed by atoms with Crippen LogP contribution in [0.1, 0.15) is 12.0 Å². The molecule has 1 aromatic carbocycles. The van der Waals surface area contributed by atoms with Crippen LogP contribution in [-0.4, -0.2) is 79.9 Å². The Labute approximate surface area is 154 Å². The Balaban J connectivity index is 1.50. The highest BCUT2D eigenvalue weighted by molar-refractivity contribution is 7.88. The van der Waals surface area contributed by atoms with E-state index in [0.717, 1.165) is 6.42 Å². The Kier molecular flexibility index (Phi) is 5.62. The Morgan fingerprint density at radius 3 is 2.38 bits per heavy atom. The first kappa shape index (κ1) is 18.8. The Morgan fingerprint density at radius 2 is 1.77 bits per heavy atom. The minimum absolute atomic E-state index is 0.0223. The quantitative estimate of drug-likeness (QED) is 0.731. The molecule has 0 N–H and O–H groups in total. The Bertz CT molecular complexity index is 758. The molecule has 2 aliphatic rings. The molecule has 0 spiro atoms. The van der Waals surface area contributed by atoms with E-state index in [2.05, 4.69) is 12.1 Å². The normalized spacial score (nSPS) is 22.0. The fourth-order valence-corrected chi connectivity index (χ4v) is 4.45. The molecule has 0 aromatic heterocycles. The number of likely N-dealkylation sites (tertiary alicyclic amines) is 1. The second kappa shape index (κ2) is 7.75. The first-order chi connectivity index (χ1) is 12.3. The molecule has 8 heteroatoms. The van der Waals surface area contributed by atoms with Crippen molar-refractivity contribution < 1.29 is 18.0 Å². The first-order valence-corrected chi connectivity index (χ1v) is 10.7. The van der Waals surface area contributed by atoms with Crippen molar-refractivity contribution in [1.29, 1.82) is 0 Å². The smallest absolute Gasteiger partial charge is 0.242 e. The van der Waals surface area contributed by atoms with Gasteiger partial charge in [0.2, 0.25) is 21.8 Å². The molecular weight excluding hydrogens is 354 g/mol. The van der Waals surface area contributed by atoms with Crippen molar-refractivity contribution in [3.8, 4) is 0 Å². The van der Waals surface area contributed by atoms with E-state index in [0.29, 0.717) is 39.1 Å². The molecule has 2 saturated heterocycles. The standard InChI is InChI=1S/C18H25N3O4S/c1-26(24,25)21-9-7-19(8-10-21)18(23)14-20-13-16(12-17(20)22)11-15-5-3-2-4-6-15/h2-6,16H,7-14H2,1H3. The number of carbonyl (C=O) groups is 2. The van der Waals surface area contributed by atoms with Crippen LogP contribution >= 0.6 is 0 Å². The van der Waals surface area contributed by atoms with E-state index < -0.39 is 10.0 Å². The molecule has 2 aliphatic heterocycles. The van der Waals surface area contributed by atoms with Gasteiger partial charge in [-0.1, -0.05) is 30.3 Å². The number of nitrogens with zero attached hydrogens (tertiary/aromatic N) is 3. The molecule has 2 fully saturated rings. The molecule has 1 aromatic rings. The van der Waals surface area contributed by atoms with Gasteiger partial charge in [-0.3, -0.25) is 9.59 Å². The molecule has 0 aliphatic carbocycles. The topological polar surface area (TPSA) is 78.0 Å². The molecule has 3 rings (SSSR count). The van der Waals surface area contributed by atoms with Crippen LogP contribution in [0.4, 0.5) is 0 Å². The predicted molar refractivity (Wildman–Crippen MR) is 97.8 cm³/mol. The lowest BCUT2D eigenvalue weighted by atomic mass is 9.99. The molecule has 2 heterocycles. The van der Waals surface area contributed by atoms with E-state index in [1.807, 2.05) is 18.2 Å². The first-order valence-electron chi connectivity index (χ1n) is 8.87. The summed E-state index contributed by atoms with van der Waals surface area (Å²) in [5.41, 5.74) is 1.20. The molecular formula is C18H25N3O4S. The molecule has 1 atom stereocenters. The Hall–Kier alpha value is -1.93. The highest BCUT2D eigenvalue weighted by Gasteiger charge is 2.33. The van der Waals surface area contributed by atoms with Crippen LogP contribution in [0.25, 0.3) is 0 Å². The molecule has 26 heavy (non-hydrogen) atoms. The van der Waals surface area contributed by atoms with E-state index in [-0.39, 0.29) is 24.3 Å². The summed E-state index contributed by atoms with van der Waals surface area (Å²) in [5, 5.41) is 0. The molecule has 0 saturated carbocycles. The second-order valence-electron chi connectivity index (χ2n) is 7.08. The van der Waals surface area contributed by atoms with Crippen LogP contribution in [-0.2, 0) is 26.0 Å². The zero-order valence-electron chi connectivity index (χ0n) is 15.0. The van der Waals surface area contributed by atoms with E-state index in [9.17, 15) is 18.0 Å². The number of hydrogen-bond donors (Lipinski definition) is 0. The van der Waals surface area contributed by atoms with Crippen LogP contribution in [0.3, 0.4) is 0 Å². The van der Waals surface area contributed by atoms with E-state index in [1.54, 1.807) is 9.80 Å². The zero-order chi connectivity index (χ0) is 18.7. The third kappa shape index (κ3) is 4.62. The number of benzene rings is 1. The monoisotopic (exact) mass is 379 g/mol. The van der Waals surface area contributed by atoms with Gasteiger partial charge >= 0.3 is 0 Å². The van der Waals surface area contributed by atoms with E-state index >= 15 is 0 Å². The van der Waals surface area contributed by atoms with Crippen LogP contribution < -0.4 is 0 Å². The van der Waals surface area contributed by atoms with Crippen molar-refractivity contribution in [2.45, 2.75) is 12.8 Å². The lowest BCUT2D eigenvalue weighted by molar-refractivity contribution is -0.139. The van der Waals surface area contributed by atoms with Gasteiger partial charge in [-0.25, -0.2) is 8.42 Å². The highest BCUT2D eigenvalue weighted by atomic mass is 32.2. The van der Waals surface area contributed by atoms with Gasteiger partial charge in [-0.05, 0) is 17.9 Å². The van der Waals surface area contributed by atoms with Crippen LogP contribution in [0.5, 0.6) is 0 Å². The maximum atomic E-state index is 12.5.